The van der Waals surface area contributed by atoms with Crippen LogP contribution in [0.15, 0.2) is 24.3 Å². The normalized spacial score (nSPS) is 27.1. The van der Waals surface area contributed by atoms with Gasteiger partial charge in [0, 0.05) is 25.9 Å². The van der Waals surface area contributed by atoms with Gasteiger partial charge in [-0.25, -0.2) is 4.98 Å². The van der Waals surface area contributed by atoms with Crippen LogP contribution >= 0.6 is 0 Å². The van der Waals surface area contributed by atoms with Crippen LogP contribution in [0.4, 0.5) is 0 Å². The van der Waals surface area contributed by atoms with Gasteiger partial charge in [0.15, 0.2) is 0 Å². The molecule has 1 aromatic heterocycles. The Hall–Kier alpha value is -1.39. The zero-order valence-corrected chi connectivity index (χ0v) is 12.3. The molecule has 20 heavy (non-hydrogen) atoms. The molecule has 1 fully saturated rings. The zero-order valence-electron chi connectivity index (χ0n) is 12.3. The number of imidazole rings is 1. The van der Waals surface area contributed by atoms with Crippen LogP contribution in [0.3, 0.4) is 0 Å². The standard InChI is InChI=1S/C16H23N3O/c1-3-12-11-17-9-8-16(12,20)10-15-18-13-6-4-5-7-14(13)19(15)2/h4-7,12,17,20H,3,8-11H2,1-2H3. The average Bonchev–Trinajstić information content (AvgIpc) is 2.76. The third kappa shape index (κ3) is 2.23. The Morgan fingerprint density at radius 3 is 3.00 bits per heavy atom. The predicted molar refractivity (Wildman–Crippen MR) is 80.6 cm³/mol. The second kappa shape index (κ2) is 5.19. The topological polar surface area (TPSA) is 50.1 Å². The minimum absolute atomic E-state index is 0.302. The number of fused-ring (bicyclic) bond motifs is 1. The van der Waals surface area contributed by atoms with E-state index in [0.717, 1.165) is 42.8 Å². The van der Waals surface area contributed by atoms with Crippen molar-refractivity contribution in [2.45, 2.75) is 31.8 Å². The van der Waals surface area contributed by atoms with Crippen molar-refractivity contribution in [2.24, 2.45) is 13.0 Å². The Kier molecular flexibility index (Phi) is 3.52. The van der Waals surface area contributed by atoms with Crippen LogP contribution in [0, 0.1) is 5.92 Å². The number of rotatable bonds is 3. The van der Waals surface area contributed by atoms with Crippen LogP contribution in [0.5, 0.6) is 0 Å². The van der Waals surface area contributed by atoms with Gasteiger partial charge < -0.3 is 15.0 Å². The summed E-state index contributed by atoms with van der Waals surface area (Å²) in [5.41, 5.74) is 1.51. The molecule has 1 aromatic carbocycles. The number of hydrogen-bond acceptors (Lipinski definition) is 3. The van der Waals surface area contributed by atoms with Crippen molar-refractivity contribution in [3.63, 3.8) is 0 Å². The number of benzene rings is 1. The molecule has 0 spiro atoms. The van der Waals surface area contributed by atoms with Crippen LogP contribution in [0.2, 0.25) is 0 Å². The summed E-state index contributed by atoms with van der Waals surface area (Å²) in [6.45, 7) is 3.94. The van der Waals surface area contributed by atoms with E-state index in [1.807, 2.05) is 25.2 Å². The highest BCUT2D eigenvalue weighted by Crippen LogP contribution is 2.31. The maximum atomic E-state index is 11.0. The van der Waals surface area contributed by atoms with Crippen LogP contribution in [0.25, 0.3) is 11.0 Å². The predicted octanol–water partition coefficient (Wildman–Crippen LogP) is 1.87. The van der Waals surface area contributed by atoms with Gasteiger partial charge in [-0.15, -0.1) is 0 Å². The minimum atomic E-state index is -0.630. The first-order valence-corrected chi connectivity index (χ1v) is 7.47. The van der Waals surface area contributed by atoms with Gasteiger partial charge in [-0.1, -0.05) is 19.1 Å². The lowest BCUT2D eigenvalue weighted by atomic mass is 9.77. The Morgan fingerprint density at radius 2 is 2.25 bits per heavy atom. The lowest BCUT2D eigenvalue weighted by Crippen LogP contribution is -2.51. The lowest BCUT2D eigenvalue weighted by molar-refractivity contribution is -0.0432. The lowest BCUT2D eigenvalue weighted by Gasteiger charge is -2.40. The highest BCUT2D eigenvalue weighted by molar-refractivity contribution is 5.75. The highest BCUT2D eigenvalue weighted by atomic mass is 16.3. The molecule has 4 heteroatoms. The van der Waals surface area contributed by atoms with Crippen molar-refractivity contribution in [1.29, 1.82) is 0 Å². The second-order valence-electron chi connectivity index (χ2n) is 5.92. The summed E-state index contributed by atoms with van der Waals surface area (Å²) >= 11 is 0. The maximum absolute atomic E-state index is 11.0. The van der Waals surface area contributed by atoms with Crippen molar-refractivity contribution < 1.29 is 5.11 Å². The van der Waals surface area contributed by atoms with Crippen LogP contribution in [-0.2, 0) is 13.5 Å². The van der Waals surface area contributed by atoms with Gasteiger partial charge in [0.2, 0.25) is 0 Å². The fraction of sp³-hybridized carbons (Fsp3) is 0.562. The molecule has 2 atom stereocenters. The molecule has 2 aromatic rings. The molecule has 2 unspecified atom stereocenters. The number of aliphatic hydroxyl groups is 1. The average molecular weight is 273 g/mol. The number of hydrogen-bond donors (Lipinski definition) is 2. The van der Waals surface area contributed by atoms with Crippen LogP contribution < -0.4 is 5.32 Å². The van der Waals surface area contributed by atoms with Crippen molar-refractivity contribution >= 4 is 11.0 Å². The third-order valence-corrected chi connectivity index (χ3v) is 4.72. The van der Waals surface area contributed by atoms with Gasteiger partial charge in [0.25, 0.3) is 0 Å². The van der Waals surface area contributed by atoms with Gasteiger partial charge in [-0.05, 0) is 31.5 Å². The third-order valence-electron chi connectivity index (χ3n) is 4.72. The molecular weight excluding hydrogens is 250 g/mol. The first-order valence-electron chi connectivity index (χ1n) is 7.47. The Bertz CT molecular complexity index is 607. The van der Waals surface area contributed by atoms with E-state index >= 15 is 0 Å². The van der Waals surface area contributed by atoms with Crippen molar-refractivity contribution in [3.05, 3.63) is 30.1 Å². The summed E-state index contributed by atoms with van der Waals surface area (Å²) < 4.78 is 2.11. The van der Waals surface area contributed by atoms with E-state index in [4.69, 9.17) is 4.98 Å². The molecule has 0 amide bonds. The fourth-order valence-corrected chi connectivity index (χ4v) is 3.36. The van der Waals surface area contributed by atoms with E-state index in [2.05, 4.69) is 22.9 Å². The zero-order chi connectivity index (χ0) is 14.2. The second-order valence-corrected chi connectivity index (χ2v) is 5.92. The quantitative estimate of drug-likeness (QED) is 0.897. The van der Waals surface area contributed by atoms with Gasteiger partial charge in [0.05, 0.1) is 16.6 Å². The SMILES string of the molecule is CCC1CNCCC1(O)Cc1nc2ccccc2n1C. The van der Waals surface area contributed by atoms with Crippen molar-refractivity contribution in [2.75, 3.05) is 13.1 Å². The number of para-hydroxylation sites is 2. The van der Waals surface area contributed by atoms with Gasteiger partial charge in [0.1, 0.15) is 5.82 Å². The van der Waals surface area contributed by atoms with Gasteiger partial charge in [-0.3, -0.25) is 0 Å². The summed E-state index contributed by atoms with van der Waals surface area (Å²) in [5, 5.41) is 14.4. The number of aryl methyl sites for hydroxylation is 1. The molecule has 2 N–H and O–H groups in total. The molecule has 0 bridgehead atoms. The first-order chi connectivity index (χ1) is 9.64. The van der Waals surface area contributed by atoms with Crippen molar-refractivity contribution in [1.82, 2.24) is 14.9 Å². The molecule has 2 heterocycles. The minimum Gasteiger partial charge on any atom is -0.389 e. The molecule has 1 aliphatic rings. The largest absolute Gasteiger partial charge is 0.389 e. The Balaban J connectivity index is 1.93. The summed E-state index contributed by atoms with van der Waals surface area (Å²) in [5.74, 6) is 1.28. The van der Waals surface area contributed by atoms with E-state index in [1.165, 1.54) is 0 Å². The van der Waals surface area contributed by atoms with Crippen LogP contribution in [0.1, 0.15) is 25.6 Å². The summed E-state index contributed by atoms with van der Waals surface area (Å²) in [6.07, 6.45) is 2.43. The summed E-state index contributed by atoms with van der Waals surface area (Å²) in [7, 11) is 2.04. The molecule has 1 saturated heterocycles. The van der Waals surface area contributed by atoms with E-state index in [1.54, 1.807) is 0 Å². The van der Waals surface area contributed by atoms with E-state index in [9.17, 15) is 5.11 Å². The molecule has 0 radical (unpaired) electrons. The molecule has 3 rings (SSSR count). The van der Waals surface area contributed by atoms with E-state index in [0.29, 0.717) is 12.3 Å². The summed E-state index contributed by atoms with van der Waals surface area (Å²) in [6, 6.07) is 8.15. The van der Waals surface area contributed by atoms with Crippen molar-refractivity contribution in [3.8, 4) is 0 Å². The number of aromatic nitrogens is 2. The molecule has 4 nitrogen and oxygen atoms in total. The Morgan fingerprint density at radius 1 is 1.45 bits per heavy atom. The number of nitrogens with zero attached hydrogens (tertiary/aromatic N) is 2. The summed E-state index contributed by atoms with van der Waals surface area (Å²) in [4.78, 5) is 4.70. The molecule has 1 aliphatic heterocycles. The van der Waals surface area contributed by atoms with E-state index < -0.39 is 5.60 Å². The van der Waals surface area contributed by atoms with E-state index in [-0.39, 0.29) is 0 Å². The number of piperidine rings is 1. The molecule has 0 aliphatic carbocycles. The molecular formula is C16H23N3O. The monoisotopic (exact) mass is 273 g/mol. The van der Waals surface area contributed by atoms with Crippen LogP contribution in [-0.4, -0.2) is 33.3 Å². The smallest absolute Gasteiger partial charge is 0.112 e. The molecule has 0 saturated carbocycles. The fourth-order valence-electron chi connectivity index (χ4n) is 3.36. The van der Waals surface area contributed by atoms with Gasteiger partial charge >= 0.3 is 0 Å². The Labute approximate surface area is 119 Å². The van der Waals surface area contributed by atoms with Gasteiger partial charge in [-0.2, -0.15) is 0 Å². The number of nitrogens with one attached hydrogen (secondary N) is 1. The maximum Gasteiger partial charge on any atom is 0.112 e. The highest BCUT2D eigenvalue weighted by Gasteiger charge is 2.38. The first kappa shape index (κ1) is 13.6. The molecule has 108 valence electrons.